The fourth-order valence-electron chi connectivity index (χ4n) is 2.41. The zero-order valence-corrected chi connectivity index (χ0v) is 16.3. The number of H-pyrrole nitrogens is 1. The van der Waals surface area contributed by atoms with Crippen LogP contribution in [0.3, 0.4) is 0 Å². The smallest absolute Gasteiger partial charge is 0.242 e. The average molecular weight is 390 g/mol. The van der Waals surface area contributed by atoms with Crippen molar-refractivity contribution in [3.05, 3.63) is 53.6 Å². The summed E-state index contributed by atoms with van der Waals surface area (Å²) in [5.74, 6) is 0.138. The lowest BCUT2D eigenvalue weighted by molar-refractivity contribution is 0.102. The summed E-state index contributed by atoms with van der Waals surface area (Å²) in [7, 11) is -0.547. The first kappa shape index (κ1) is 18.6. The number of ketones is 1. The average Bonchev–Trinajstić information content (AvgIpc) is 3.01. The van der Waals surface area contributed by atoms with Gasteiger partial charge in [0, 0.05) is 19.7 Å². The van der Waals surface area contributed by atoms with Crippen molar-refractivity contribution in [2.45, 2.75) is 17.0 Å². The summed E-state index contributed by atoms with van der Waals surface area (Å²) in [4.78, 5) is 20.2. The summed E-state index contributed by atoms with van der Waals surface area (Å²) in [6.45, 7) is 2.01. The number of benzene rings is 2. The Kier molecular flexibility index (Phi) is 5.17. The summed E-state index contributed by atoms with van der Waals surface area (Å²) in [5, 5.41) is 0.686. The molecule has 0 radical (unpaired) electrons. The molecule has 6 nitrogen and oxygen atoms in total. The number of hydrogen-bond acceptors (Lipinski definition) is 5. The lowest BCUT2D eigenvalue weighted by Crippen LogP contribution is -2.22. The highest BCUT2D eigenvalue weighted by Gasteiger charge is 2.17. The Bertz CT molecular complexity index is 1050. The molecule has 2 aromatic carbocycles. The second-order valence-electron chi connectivity index (χ2n) is 6.09. The molecule has 1 N–H and O–H groups in total. The first-order chi connectivity index (χ1) is 12.3. The highest BCUT2D eigenvalue weighted by atomic mass is 32.2. The van der Waals surface area contributed by atoms with Crippen molar-refractivity contribution in [1.29, 1.82) is 0 Å². The number of aromatic nitrogens is 2. The summed E-state index contributed by atoms with van der Waals surface area (Å²) in [5.41, 5.74) is 3.42. The highest BCUT2D eigenvalue weighted by Crippen LogP contribution is 2.22. The van der Waals surface area contributed by atoms with E-state index in [0.29, 0.717) is 10.7 Å². The van der Waals surface area contributed by atoms with E-state index in [4.69, 9.17) is 0 Å². The number of fused-ring (bicyclic) bond motifs is 1. The topological polar surface area (TPSA) is 83.1 Å². The van der Waals surface area contributed by atoms with E-state index in [1.165, 1.54) is 38.0 Å². The summed E-state index contributed by atoms with van der Waals surface area (Å²) < 4.78 is 25.3. The van der Waals surface area contributed by atoms with Crippen LogP contribution in [0.25, 0.3) is 11.0 Å². The fourth-order valence-corrected chi connectivity index (χ4v) is 4.09. The van der Waals surface area contributed by atoms with E-state index in [1.807, 2.05) is 25.1 Å². The van der Waals surface area contributed by atoms with Gasteiger partial charge in [-0.15, -0.1) is 0 Å². The molecule has 3 rings (SSSR count). The van der Waals surface area contributed by atoms with E-state index in [9.17, 15) is 13.2 Å². The van der Waals surface area contributed by atoms with Gasteiger partial charge in [0.2, 0.25) is 10.0 Å². The van der Waals surface area contributed by atoms with E-state index in [2.05, 4.69) is 9.97 Å². The molecular formula is C18H19N3O3S2. The first-order valence-electron chi connectivity index (χ1n) is 7.92. The molecule has 0 aliphatic rings. The van der Waals surface area contributed by atoms with E-state index in [-0.39, 0.29) is 16.4 Å². The molecule has 0 fully saturated rings. The number of sulfonamides is 1. The molecule has 0 unspecified atom stereocenters. The van der Waals surface area contributed by atoms with Crippen LogP contribution in [0.1, 0.15) is 15.9 Å². The van der Waals surface area contributed by atoms with Gasteiger partial charge in [0.05, 0.1) is 21.7 Å². The molecule has 8 heteroatoms. The number of aryl methyl sites for hydroxylation is 1. The number of nitrogens with zero attached hydrogens (tertiary/aromatic N) is 2. The zero-order chi connectivity index (χ0) is 18.9. The van der Waals surface area contributed by atoms with Crippen LogP contribution in [0, 0.1) is 6.92 Å². The van der Waals surface area contributed by atoms with Crippen molar-refractivity contribution in [3.63, 3.8) is 0 Å². The van der Waals surface area contributed by atoms with Gasteiger partial charge < -0.3 is 4.98 Å². The zero-order valence-electron chi connectivity index (χ0n) is 14.7. The van der Waals surface area contributed by atoms with Crippen molar-refractivity contribution >= 4 is 38.6 Å². The molecule has 0 atom stereocenters. The third-order valence-corrected chi connectivity index (χ3v) is 6.61. The van der Waals surface area contributed by atoms with E-state index >= 15 is 0 Å². The minimum absolute atomic E-state index is 0.0829. The third-order valence-electron chi connectivity index (χ3n) is 3.91. The van der Waals surface area contributed by atoms with Crippen LogP contribution < -0.4 is 0 Å². The minimum atomic E-state index is -3.49. The Labute approximate surface area is 156 Å². The molecule has 0 spiro atoms. The van der Waals surface area contributed by atoms with Gasteiger partial charge in [-0.3, -0.25) is 4.79 Å². The maximum absolute atomic E-state index is 12.4. The normalized spacial score (nSPS) is 12.0. The number of rotatable bonds is 6. The molecule has 0 saturated carbocycles. The summed E-state index contributed by atoms with van der Waals surface area (Å²) >= 11 is 1.33. The van der Waals surface area contributed by atoms with Gasteiger partial charge >= 0.3 is 0 Å². The molecule has 0 amide bonds. The number of nitrogens with one attached hydrogen (secondary N) is 1. The molecule has 0 bridgehead atoms. The Morgan fingerprint density at radius 3 is 2.50 bits per heavy atom. The van der Waals surface area contributed by atoms with Crippen LogP contribution in [0.4, 0.5) is 0 Å². The number of thioether (sulfide) groups is 1. The van der Waals surface area contributed by atoms with Crippen LogP contribution in [0.2, 0.25) is 0 Å². The quantitative estimate of drug-likeness (QED) is 0.517. The van der Waals surface area contributed by atoms with Gasteiger partial charge in [-0.25, -0.2) is 17.7 Å². The summed E-state index contributed by atoms with van der Waals surface area (Å²) in [6.07, 6.45) is 0. The molecule has 0 aliphatic carbocycles. The van der Waals surface area contributed by atoms with Crippen molar-refractivity contribution in [2.75, 3.05) is 19.8 Å². The molecule has 0 aliphatic heterocycles. The highest BCUT2D eigenvalue weighted by molar-refractivity contribution is 7.99. The van der Waals surface area contributed by atoms with Crippen molar-refractivity contribution < 1.29 is 13.2 Å². The van der Waals surface area contributed by atoms with Crippen LogP contribution in [0.5, 0.6) is 0 Å². The van der Waals surface area contributed by atoms with Crippen molar-refractivity contribution in [3.8, 4) is 0 Å². The third kappa shape index (κ3) is 3.82. The van der Waals surface area contributed by atoms with E-state index < -0.39 is 10.0 Å². The second-order valence-corrected chi connectivity index (χ2v) is 9.20. The second kappa shape index (κ2) is 7.22. The van der Waals surface area contributed by atoms with Gasteiger partial charge in [-0.1, -0.05) is 30.0 Å². The molecule has 0 saturated heterocycles. The number of Topliss-reactive ketones (excluding diaryl/α,β-unsaturated/α-hetero) is 1. The molecule has 3 aromatic rings. The van der Waals surface area contributed by atoms with Gasteiger partial charge in [0.25, 0.3) is 0 Å². The Morgan fingerprint density at radius 2 is 1.85 bits per heavy atom. The number of carbonyl (C=O) groups is 1. The fraction of sp³-hybridized carbons (Fsp3) is 0.222. The SMILES string of the molecule is Cc1ccc2nc(SCC(=O)c3ccc(S(=O)(=O)N(C)C)cc3)[nH]c2c1. The minimum Gasteiger partial charge on any atom is -0.333 e. The van der Waals surface area contributed by atoms with Gasteiger partial charge in [-0.2, -0.15) is 0 Å². The lowest BCUT2D eigenvalue weighted by Gasteiger charge is -2.11. The van der Waals surface area contributed by atoms with Gasteiger partial charge in [-0.05, 0) is 36.8 Å². The predicted octanol–water partition coefficient (Wildman–Crippen LogP) is 3.10. The number of imidazole rings is 1. The standard InChI is InChI=1S/C18H19N3O3S2/c1-12-4-9-15-16(10-12)20-18(19-15)25-11-17(22)13-5-7-14(8-6-13)26(23,24)21(2)3/h4-10H,11H2,1-3H3,(H,19,20). The number of aromatic amines is 1. The predicted molar refractivity (Wildman–Crippen MR) is 103 cm³/mol. The van der Waals surface area contributed by atoms with Crippen LogP contribution in [-0.4, -0.2) is 48.3 Å². The Hall–Kier alpha value is -2.16. The van der Waals surface area contributed by atoms with Crippen LogP contribution in [0.15, 0.2) is 52.5 Å². The Morgan fingerprint density at radius 1 is 1.15 bits per heavy atom. The van der Waals surface area contributed by atoms with E-state index in [0.717, 1.165) is 20.9 Å². The van der Waals surface area contributed by atoms with Crippen molar-refractivity contribution in [2.24, 2.45) is 0 Å². The molecule has 1 heterocycles. The summed E-state index contributed by atoms with van der Waals surface area (Å²) in [6, 6.07) is 11.9. The van der Waals surface area contributed by atoms with Gasteiger partial charge in [0.15, 0.2) is 10.9 Å². The number of carbonyl (C=O) groups excluding carboxylic acids is 1. The van der Waals surface area contributed by atoms with Crippen LogP contribution in [-0.2, 0) is 10.0 Å². The van der Waals surface area contributed by atoms with E-state index in [1.54, 1.807) is 12.1 Å². The molecule has 26 heavy (non-hydrogen) atoms. The number of hydrogen-bond donors (Lipinski definition) is 1. The lowest BCUT2D eigenvalue weighted by atomic mass is 10.1. The van der Waals surface area contributed by atoms with Crippen LogP contribution >= 0.6 is 11.8 Å². The largest absolute Gasteiger partial charge is 0.333 e. The molecule has 136 valence electrons. The first-order valence-corrected chi connectivity index (χ1v) is 10.3. The molecule has 1 aromatic heterocycles. The maximum Gasteiger partial charge on any atom is 0.242 e. The monoisotopic (exact) mass is 389 g/mol. The Balaban J connectivity index is 1.69. The van der Waals surface area contributed by atoms with Crippen molar-refractivity contribution in [1.82, 2.24) is 14.3 Å². The maximum atomic E-state index is 12.4. The molecular weight excluding hydrogens is 370 g/mol. The van der Waals surface area contributed by atoms with Gasteiger partial charge in [0.1, 0.15) is 0 Å².